The Labute approximate surface area is 68.5 Å². The van der Waals surface area contributed by atoms with E-state index in [1.165, 1.54) is 5.57 Å². The average molecular weight is 152 g/mol. The number of ketones is 1. The first-order valence-electron chi connectivity index (χ1n) is 4.16. The van der Waals surface area contributed by atoms with Crippen LogP contribution in [0.4, 0.5) is 0 Å². The van der Waals surface area contributed by atoms with Crippen LogP contribution in [-0.4, -0.2) is 5.78 Å². The van der Waals surface area contributed by atoms with Crippen LogP contribution in [-0.2, 0) is 4.79 Å². The van der Waals surface area contributed by atoms with Gasteiger partial charge in [-0.3, -0.25) is 4.79 Å². The fourth-order valence-electron chi connectivity index (χ4n) is 1.58. The standard InChI is InChI=1S/C10H16O/c1-7-6-10(3,4)8(2)5-9(7)11/h5,7H,6H2,1-4H3. The summed E-state index contributed by atoms with van der Waals surface area (Å²) in [5, 5.41) is 0. The summed E-state index contributed by atoms with van der Waals surface area (Å²) in [6.07, 6.45) is 2.79. The maximum Gasteiger partial charge on any atom is 0.158 e. The van der Waals surface area contributed by atoms with Crippen molar-refractivity contribution in [3.63, 3.8) is 0 Å². The van der Waals surface area contributed by atoms with Crippen LogP contribution in [0, 0.1) is 11.3 Å². The molecule has 11 heavy (non-hydrogen) atoms. The molecule has 1 aliphatic carbocycles. The highest BCUT2D eigenvalue weighted by Gasteiger charge is 2.30. The molecule has 0 amide bonds. The molecular weight excluding hydrogens is 136 g/mol. The van der Waals surface area contributed by atoms with E-state index in [-0.39, 0.29) is 11.3 Å². The molecule has 1 aliphatic rings. The Kier molecular flexibility index (Phi) is 1.91. The Hall–Kier alpha value is -0.590. The van der Waals surface area contributed by atoms with E-state index >= 15 is 0 Å². The van der Waals surface area contributed by atoms with Crippen LogP contribution in [0.2, 0.25) is 0 Å². The largest absolute Gasteiger partial charge is 0.295 e. The number of carbonyl (C=O) groups is 1. The predicted octanol–water partition coefficient (Wildman–Crippen LogP) is 2.57. The zero-order valence-corrected chi connectivity index (χ0v) is 7.77. The van der Waals surface area contributed by atoms with Gasteiger partial charge in [-0.15, -0.1) is 0 Å². The second-order valence-electron chi connectivity index (χ2n) is 4.22. The monoisotopic (exact) mass is 152 g/mol. The van der Waals surface area contributed by atoms with Gasteiger partial charge in [0, 0.05) is 5.92 Å². The van der Waals surface area contributed by atoms with Gasteiger partial charge in [0.2, 0.25) is 0 Å². The summed E-state index contributed by atoms with van der Waals surface area (Å²) in [6, 6.07) is 0. The lowest BCUT2D eigenvalue weighted by Gasteiger charge is -2.32. The molecule has 0 bridgehead atoms. The van der Waals surface area contributed by atoms with Crippen LogP contribution < -0.4 is 0 Å². The molecule has 0 radical (unpaired) electrons. The van der Waals surface area contributed by atoms with Gasteiger partial charge >= 0.3 is 0 Å². The number of rotatable bonds is 0. The van der Waals surface area contributed by atoms with Crippen LogP contribution in [0.25, 0.3) is 0 Å². The summed E-state index contributed by atoms with van der Waals surface area (Å²) in [7, 11) is 0. The van der Waals surface area contributed by atoms with Crippen LogP contribution in [0.5, 0.6) is 0 Å². The van der Waals surface area contributed by atoms with Gasteiger partial charge in [-0.25, -0.2) is 0 Å². The molecule has 0 fully saturated rings. The molecule has 1 atom stereocenters. The van der Waals surface area contributed by atoms with E-state index in [1.807, 2.05) is 13.8 Å². The molecule has 1 unspecified atom stereocenters. The van der Waals surface area contributed by atoms with E-state index in [0.29, 0.717) is 5.78 Å². The molecule has 1 heteroatoms. The zero-order chi connectivity index (χ0) is 8.65. The lowest BCUT2D eigenvalue weighted by Crippen LogP contribution is -2.26. The highest BCUT2D eigenvalue weighted by molar-refractivity contribution is 5.93. The van der Waals surface area contributed by atoms with Crippen LogP contribution >= 0.6 is 0 Å². The van der Waals surface area contributed by atoms with Crippen molar-refractivity contribution in [2.75, 3.05) is 0 Å². The molecule has 0 saturated carbocycles. The quantitative estimate of drug-likeness (QED) is 0.521. The first kappa shape index (κ1) is 8.51. The molecule has 0 aromatic rings. The molecule has 0 aromatic carbocycles. The van der Waals surface area contributed by atoms with Crippen molar-refractivity contribution in [1.29, 1.82) is 0 Å². The maximum atomic E-state index is 11.2. The minimum Gasteiger partial charge on any atom is -0.295 e. The summed E-state index contributed by atoms with van der Waals surface area (Å²) < 4.78 is 0. The number of allylic oxidation sites excluding steroid dienone is 2. The van der Waals surface area contributed by atoms with E-state index < -0.39 is 0 Å². The van der Waals surface area contributed by atoms with E-state index in [4.69, 9.17) is 0 Å². The average Bonchev–Trinajstić information content (AvgIpc) is 1.83. The van der Waals surface area contributed by atoms with Crippen molar-refractivity contribution in [3.05, 3.63) is 11.6 Å². The van der Waals surface area contributed by atoms with Gasteiger partial charge in [0.15, 0.2) is 5.78 Å². The smallest absolute Gasteiger partial charge is 0.158 e. The van der Waals surface area contributed by atoms with Gasteiger partial charge in [0.05, 0.1) is 0 Å². The summed E-state index contributed by atoms with van der Waals surface area (Å²) in [5.41, 5.74) is 1.45. The molecule has 0 saturated heterocycles. The van der Waals surface area contributed by atoms with Crippen molar-refractivity contribution in [2.45, 2.75) is 34.1 Å². The Morgan fingerprint density at radius 2 is 2.09 bits per heavy atom. The van der Waals surface area contributed by atoms with Crippen molar-refractivity contribution in [1.82, 2.24) is 0 Å². The molecular formula is C10H16O. The topological polar surface area (TPSA) is 17.1 Å². The Morgan fingerprint density at radius 1 is 1.55 bits per heavy atom. The highest BCUT2D eigenvalue weighted by atomic mass is 16.1. The number of hydrogen-bond acceptors (Lipinski definition) is 1. The first-order chi connectivity index (χ1) is 4.93. The van der Waals surface area contributed by atoms with Crippen LogP contribution in [0.15, 0.2) is 11.6 Å². The Balaban J connectivity index is 2.95. The van der Waals surface area contributed by atoms with E-state index in [0.717, 1.165) is 6.42 Å². The molecule has 0 N–H and O–H groups in total. The normalized spacial score (nSPS) is 30.0. The first-order valence-corrected chi connectivity index (χ1v) is 4.16. The SMILES string of the molecule is CC1=CC(=O)C(C)CC1(C)C. The van der Waals surface area contributed by atoms with Crippen molar-refractivity contribution >= 4 is 5.78 Å². The highest BCUT2D eigenvalue weighted by Crippen LogP contribution is 2.37. The van der Waals surface area contributed by atoms with Crippen LogP contribution in [0.1, 0.15) is 34.1 Å². The molecule has 0 aromatic heterocycles. The zero-order valence-electron chi connectivity index (χ0n) is 7.77. The van der Waals surface area contributed by atoms with Gasteiger partial charge in [0.25, 0.3) is 0 Å². The Morgan fingerprint density at radius 3 is 2.55 bits per heavy atom. The molecule has 0 heterocycles. The summed E-state index contributed by atoms with van der Waals surface area (Å²) in [4.78, 5) is 11.2. The van der Waals surface area contributed by atoms with Crippen LogP contribution in [0.3, 0.4) is 0 Å². The van der Waals surface area contributed by atoms with E-state index in [2.05, 4.69) is 13.8 Å². The lowest BCUT2D eigenvalue weighted by atomic mass is 9.72. The van der Waals surface area contributed by atoms with Gasteiger partial charge < -0.3 is 0 Å². The minimum absolute atomic E-state index is 0.216. The van der Waals surface area contributed by atoms with Gasteiger partial charge in [0.1, 0.15) is 0 Å². The number of carbonyl (C=O) groups excluding carboxylic acids is 1. The van der Waals surface area contributed by atoms with Gasteiger partial charge in [-0.05, 0) is 24.8 Å². The molecule has 1 rings (SSSR count). The second kappa shape index (κ2) is 2.47. The second-order valence-corrected chi connectivity index (χ2v) is 4.22. The lowest BCUT2D eigenvalue weighted by molar-refractivity contribution is -0.119. The summed E-state index contributed by atoms with van der Waals surface area (Å²) in [6.45, 7) is 8.44. The third kappa shape index (κ3) is 1.52. The van der Waals surface area contributed by atoms with Crippen molar-refractivity contribution in [3.8, 4) is 0 Å². The third-order valence-electron chi connectivity index (χ3n) is 2.73. The van der Waals surface area contributed by atoms with Crippen molar-refractivity contribution in [2.24, 2.45) is 11.3 Å². The summed E-state index contributed by atoms with van der Waals surface area (Å²) in [5.74, 6) is 0.510. The summed E-state index contributed by atoms with van der Waals surface area (Å²) >= 11 is 0. The molecule has 1 nitrogen and oxygen atoms in total. The molecule has 62 valence electrons. The fourth-order valence-corrected chi connectivity index (χ4v) is 1.58. The fraction of sp³-hybridized carbons (Fsp3) is 0.700. The maximum absolute atomic E-state index is 11.2. The molecule has 0 aliphatic heterocycles. The number of hydrogen-bond donors (Lipinski definition) is 0. The van der Waals surface area contributed by atoms with E-state index in [1.54, 1.807) is 6.08 Å². The minimum atomic E-state index is 0.216. The van der Waals surface area contributed by atoms with Gasteiger partial charge in [-0.1, -0.05) is 26.3 Å². The third-order valence-corrected chi connectivity index (χ3v) is 2.73. The predicted molar refractivity (Wildman–Crippen MR) is 46.3 cm³/mol. The molecule has 0 spiro atoms. The van der Waals surface area contributed by atoms with Gasteiger partial charge in [-0.2, -0.15) is 0 Å². The van der Waals surface area contributed by atoms with Crippen molar-refractivity contribution < 1.29 is 4.79 Å². The van der Waals surface area contributed by atoms with E-state index in [9.17, 15) is 4.79 Å². The Bertz CT molecular complexity index is 211.